The van der Waals surface area contributed by atoms with Crippen molar-refractivity contribution in [3.8, 4) is 0 Å². The van der Waals surface area contributed by atoms with Gasteiger partial charge in [0.2, 0.25) is 5.89 Å². The normalized spacial score (nSPS) is 23.3. The van der Waals surface area contributed by atoms with Gasteiger partial charge in [-0.15, -0.1) is 0 Å². The smallest absolute Gasteiger partial charge is 0.211 e. The first-order chi connectivity index (χ1) is 6.40. The first kappa shape index (κ1) is 8.75. The Balaban J connectivity index is 2.05. The highest BCUT2D eigenvalue weighted by Gasteiger charge is 2.18. The monoisotopic (exact) mass is 180 g/mol. The second kappa shape index (κ2) is 3.92. The Bertz CT molecular complexity index is 264. The van der Waals surface area contributed by atoms with Crippen LogP contribution in [0.15, 0.2) is 10.6 Å². The van der Waals surface area contributed by atoms with Crippen LogP contribution < -0.4 is 5.32 Å². The van der Waals surface area contributed by atoms with E-state index in [2.05, 4.69) is 17.2 Å². The van der Waals surface area contributed by atoms with Crippen molar-refractivity contribution in [2.45, 2.75) is 38.6 Å². The zero-order chi connectivity index (χ0) is 9.10. The molecule has 0 saturated carbocycles. The molecule has 3 heteroatoms. The number of nitrogens with one attached hydrogen (secondary N) is 1. The van der Waals surface area contributed by atoms with Crippen LogP contribution in [0.2, 0.25) is 0 Å². The molecule has 1 aromatic rings. The van der Waals surface area contributed by atoms with Gasteiger partial charge in [-0.1, -0.05) is 13.3 Å². The minimum absolute atomic E-state index is 0.356. The van der Waals surface area contributed by atoms with Crippen molar-refractivity contribution in [2.24, 2.45) is 0 Å². The Morgan fingerprint density at radius 3 is 3.15 bits per heavy atom. The molecule has 0 aromatic carbocycles. The van der Waals surface area contributed by atoms with Crippen molar-refractivity contribution in [1.82, 2.24) is 10.3 Å². The van der Waals surface area contributed by atoms with E-state index < -0.39 is 0 Å². The highest BCUT2D eigenvalue weighted by Crippen LogP contribution is 2.22. The number of aryl methyl sites for hydroxylation is 1. The molecule has 1 aliphatic heterocycles. The van der Waals surface area contributed by atoms with Crippen molar-refractivity contribution in [3.63, 3.8) is 0 Å². The van der Waals surface area contributed by atoms with Gasteiger partial charge < -0.3 is 9.73 Å². The van der Waals surface area contributed by atoms with E-state index in [9.17, 15) is 0 Å². The van der Waals surface area contributed by atoms with Crippen molar-refractivity contribution in [3.05, 3.63) is 17.8 Å². The molecular weight excluding hydrogens is 164 g/mol. The average molecular weight is 180 g/mol. The summed E-state index contributed by atoms with van der Waals surface area (Å²) in [6.45, 7) is 3.17. The van der Waals surface area contributed by atoms with E-state index >= 15 is 0 Å². The molecule has 0 amide bonds. The van der Waals surface area contributed by atoms with Gasteiger partial charge in [-0.2, -0.15) is 0 Å². The van der Waals surface area contributed by atoms with Crippen molar-refractivity contribution in [1.29, 1.82) is 0 Å². The second-order valence-corrected chi connectivity index (χ2v) is 3.52. The SMILES string of the molecule is CCc1cnc(C2CCCCN2)o1. The van der Waals surface area contributed by atoms with Crippen LogP contribution in [0.1, 0.15) is 43.9 Å². The number of hydrogen-bond donors (Lipinski definition) is 1. The quantitative estimate of drug-likeness (QED) is 0.757. The average Bonchev–Trinajstić information content (AvgIpc) is 2.67. The van der Waals surface area contributed by atoms with Gasteiger partial charge in [0.15, 0.2) is 0 Å². The molecule has 0 radical (unpaired) electrons. The van der Waals surface area contributed by atoms with Crippen LogP contribution in [0.4, 0.5) is 0 Å². The summed E-state index contributed by atoms with van der Waals surface area (Å²) in [6, 6.07) is 0.356. The lowest BCUT2D eigenvalue weighted by Gasteiger charge is -2.20. The molecule has 13 heavy (non-hydrogen) atoms. The summed E-state index contributed by atoms with van der Waals surface area (Å²) < 4.78 is 5.60. The largest absolute Gasteiger partial charge is 0.444 e. The molecule has 1 fully saturated rings. The Morgan fingerprint density at radius 2 is 2.54 bits per heavy atom. The molecule has 1 unspecified atom stereocenters. The Labute approximate surface area is 78.5 Å². The first-order valence-corrected chi connectivity index (χ1v) is 5.08. The fourth-order valence-corrected chi connectivity index (χ4v) is 1.71. The molecule has 72 valence electrons. The van der Waals surface area contributed by atoms with Crippen molar-refractivity contribution >= 4 is 0 Å². The molecule has 1 saturated heterocycles. The molecule has 3 nitrogen and oxygen atoms in total. The minimum Gasteiger partial charge on any atom is -0.444 e. The Morgan fingerprint density at radius 1 is 1.62 bits per heavy atom. The number of hydrogen-bond acceptors (Lipinski definition) is 3. The van der Waals surface area contributed by atoms with Crippen molar-refractivity contribution in [2.75, 3.05) is 6.54 Å². The van der Waals surface area contributed by atoms with Crippen molar-refractivity contribution < 1.29 is 4.42 Å². The maximum atomic E-state index is 5.60. The van der Waals surface area contributed by atoms with E-state index in [0.717, 1.165) is 31.0 Å². The molecule has 1 atom stereocenters. The first-order valence-electron chi connectivity index (χ1n) is 5.08. The van der Waals surface area contributed by atoms with Gasteiger partial charge in [0.25, 0.3) is 0 Å². The molecule has 1 aromatic heterocycles. The van der Waals surface area contributed by atoms with E-state index in [1.807, 2.05) is 6.20 Å². The van der Waals surface area contributed by atoms with E-state index in [4.69, 9.17) is 4.42 Å². The van der Waals surface area contributed by atoms with Gasteiger partial charge in [-0.05, 0) is 19.4 Å². The molecule has 0 spiro atoms. The van der Waals surface area contributed by atoms with Crippen LogP contribution in [0.5, 0.6) is 0 Å². The van der Waals surface area contributed by atoms with Crippen LogP contribution >= 0.6 is 0 Å². The highest BCUT2D eigenvalue weighted by atomic mass is 16.4. The van der Waals surface area contributed by atoms with Gasteiger partial charge in [-0.25, -0.2) is 4.98 Å². The maximum absolute atomic E-state index is 5.60. The van der Waals surface area contributed by atoms with E-state index in [0.29, 0.717) is 6.04 Å². The minimum atomic E-state index is 0.356. The summed E-state index contributed by atoms with van der Waals surface area (Å²) in [4.78, 5) is 4.28. The summed E-state index contributed by atoms with van der Waals surface area (Å²) >= 11 is 0. The van der Waals surface area contributed by atoms with E-state index in [1.165, 1.54) is 12.8 Å². The number of rotatable bonds is 2. The number of oxazole rings is 1. The van der Waals surface area contributed by atoms with E-state index in [-0.39, 0.29) is 0 Å². The summed E-state index contributed by atoms with van der Waals surface area (Å²) in [5.74, 6) is 1.86. The van der Waals surface area contributed by atoms with Crippen LogP contribution in [0, 0.1) is 0 Å². The van der Waals surface area contributed by atoms with Gasteiger partial charge in [0.1, 0.15) is 5.76 Å². The summed E-state index contributed by atoms with van der Waals surface area (Å²) in [5.41, 5.74) is 0. The van der Waals surface area contributed by atoms with Crippen LogP contribution in [0.25, 0.3) is 0 Å². The summed E-state index contributed by atoms with van der Waals surface area (Å²) in [6.07, 6.45) is 6.48. The number of nitrogens with zero attached hydrogens (tertiary/aromatic N) is 1. The third-order valence-corrected chi connectivity index (χ3v) is 2.53. The highest BCUT2D eigenvalue weighted by molar-refractivity contribution is 4.98. The Hall–Kier alpha value is -0.830. The zero-order valence-electron chi connectivity index (χ0n) is 8.05. The molecule has 1 N–H and O–H groups in total. The third kappa shape index (κ3) is 1.91. The second-order valence-electron chi connectivity index (χ2n) is 3.52. The van der Waals surface area contributed by atoms with E-state index in [1.54, 1.807) is 0 Å². The van der Waals surface area contributed by atoms with Gasteiger partial charge in [0.05, 0.1) is 12.2 Å². The maximum Gasteiger partial charge on any atom is 0.211 e. The van der Waals surface area contributed by atoms with Gasteiger partial charge in [0, 0.05) is 6.42 Å². The van der Waals surface area contributed by atoms with Crippen LogP contribution in [-0.4, -0.2) is 11.5 Å². The lowest BCUT2D eigenvalue weighted by Crippen LogP contribution is -2.26. The molecule has 0 bridgehead atoms. The third-order valence-electron chi connectivity index (χ3n) is 2.53. The van der Waals surface area contributed by atoms with Crippen LogP contribution in [-0.2, 0) is 6.42 Å². The summed E-state index contributed by atoms with van der Waals surface area (Å²) in [5, 5.41) is 3.42. The Kier molecular flexibility index (Phi) is 2.64. The fraction of sp³-hybridized carbons (Fsp3) is 0.700. The fourth-order valence-electron chi connectivity index (χ4n) is 1.71. The predicted octanol–water partition coefficient (Wildman–Crippen LogP) is 2.05. The molecule has 2 rings (SSSR count). The van der Waals surface area contributed by atoms with Crippen LogP contribution in [0.3, 0.4) is 0 Å². The standard InChI is InChI=1S/C10H16N2O/c1-2-8-7-12-10(13-8)9-5-3-4-6-11-9/h7,9,11H,2-6H2,1H3. The molecule has 2 heterocycles. The van der Waals surface area contributed by atoms with Gasteiger partial charge >= 0.3 is 0 Å². The molecular formula is C10H16N2O. The summed E-state index contributed by atoms with van der Waals surface area (Å²) in [7, 11) is 0. The lowest BCUT2D eigenvalue weighted by atomic mass is 10.1. The number of aromatic nitrogens is 1. The zero-order valence-corrected chi connectivity index (χ0v) is 8.05. The topological polar surface area (TPSA) is 38.1 Å². The molecule has 1 aliphatic rings. The predicted molar refractivity (Wildman–Crippen MR) is 50.5 cm³/mol. The van der Waals surface area contributed by atoms with Gasteiger partial charge in [-0.3, -0.25) is 0 Å². The number of piperidine rings is 1. The lowest BCUT2D eigenvalue weighted by molar-refractivity contribution is 0.330. The molecule has 0 aliphatic carbocycles.